The molecule has 0 spiro atoms. The molecule has 0 bridgehead atoms. The van der Waals surface area contributed by atoms with Gasteiger partial charge in [-0.15, -0.1) is 24.8 Å². The molecule has 1 saturated heterocycles. The maximum atomic E-state index is 12.0. The highest BCUT2D eigenvalue weighted by atomic mass is 35.5. The number of halogens is 2. The normalized spacial score (nSPS) is 24.1. The fourth-order valence-electron chi connectivity index (χ4n) is 2.32. The minimum atomic E-state index is 0. The molecule has 2 rings (SSSR count). The highest BCUT2D eigenvalue weighted by Gasteiger charge is 2.26. The Balaban J connectivity index is 0.00000144. The molecule has 0 aromatic rings. The number of nitrogens with one attached hydrogen (secondary N) is 1. The lowest BCUT2D eigenvalue weighted by molar-refractivity contribution is -0.134. The summed E-state index contributed by atoms with van der Waals surface area (Å²) in [6.45, 7) is 6.54. The average Bonchev–Trinajstić information content (AvgIpc) is 3.01. The van der Waals surface area contributed by atoms with Crippen LogP contribution < -0.4 is 5.32 Å². The number of hydrogen-bond acceptors (Lipinski definition) is 3. The van der Waals surface area contributed by atoms with E-state index in [0.717, 1.165) is 32.1 Å². The zero-order valence-electron chi connectivity index (χ0n) is 11.2. The summed E-state index contributed by atoms with van der Waals surface area (Å²) in [7, 11) is 2.11. The van der Waals surface area contributed by atoms with E-state index in [9.17, 15) is 4.79 Å². The van der Waals surface area contributed by atoms with E-state index in [1.165, 1.54) is 12.8 Å². The molecule has 4 nitrogen and oxygen atoms in total. The van der Waals surface area contributed by atoms with Crippen LogP contribution in [-0.4, -0.2) is 61.5 Å². The van der Waals surface area contributed by atoms with Gasteiger partial charge in [-0.05, 0) is 39.3 Å². The number of nitrogens with zero attached hydrogens (tertiary/aromatic N) is 2. The Hall–Kier alpha value is -0.0300. The van der Waals surface area contributed by atoms with Gasteiger partial charge in [-0.3, -0.25) is 4.79 Å². The fourth-order valence-corrected chi connectivity index (χ4v) is 2.32. The van der Waals surface area contributed by atoms with Crippen LogP contribution in [0.15, 0.2) is 0 Å². The van der Waals surface area contributed by atoms with Gasteiger partial charge in [-0.25, -0.2) is 0 Å². The van der Waals surface area contributed by atoms with E-state index >= 15 is 0 Å². The van der Waals surface area contributed by atoms with Gasteiger partial charge in [-0.2, -0.15) is 0 Å². The lowest BCUT2D eigenvalue weighted by Crippen LogP contribution is -2.54. The van der Waals surface area contributed by atoms with Crippen molar-refractivity contribution in [2.24, 2.45) is 5.92 Å². The van der Waals surface area contributed by atoms with Gasteiger partial charge in [-0.1, -0.05) is 0 Å². The molecular formula is C12H25Cl2N3O. The van der Waals surface area contributed by atoms with Crippen molar-refractivity contribution >= 4 is 30.7 Å². The molecular weight excluding hydrogens is 273 g/mol. The summed E-state index contributed by atoms with van der Waals surface area (Å²) >= 11 is 0. The zero-order valence-corrected chi connectivity index (χ0v) is 12.9. The second-order valence-electron chi connectivity index (χ2n) is 5.27. The maximum absolute atomic E-state index is 12.0. The predicted octanol–water partition coefficient (Wildman–Crippen LogP) is 0.992. The van der Waals surface area contributed by atoms with Gasteiger partial charge in [0.25, 0.3) is 0 Å². The van der Waals surface area contributed by atoms with Crippen LogP contribution in [0.1, 0.15) is 19.8 Å². The molecule has 108 valence electrons. The smallest absolute Gasteiger partial charge is 0.236 e. The third-order valence-electron chi connectivity index (χ3n) is 3.56. The third kappa shape index (κ3) is 5.31. The molecule has 1 atom stereocenters. The van der Waals surface area contributed by atoms with Crippen LogP contribution in [0, 0.1) is 5.92 Å². The van der Waals surface area contributed by atoms with Crippen LogP contribution in [0.4, 0.5) is 0 Å². The molecule has 2 fully saturated rings. The van der Waals surface area contributed by atoms with E-state index in [0.29, 0.717) is 12.6 Å². The Morgan fingerprint density at radius 3 is 2.50 bits per heavy atom. The van der Waals surface area contributed by atoms with E-state index in [4.69, 9.17) is 0 Å². The summed E-state index contributed by atoms with van der Waals surface area (Å²) in [6, 6.07) is 0.356. The lowest BCUT2D eigenvalue weighted by Gasteiger charge is -2.38. The van der Waals surface area contributed by atoms with Crippen LogP contribution in [-0.2, 0) is 4.79 Å². The Morgan fingerprint density at radius 1 is 1.28 bits per heavy atom. The first-order valence-electron chi connectivity index (χ1n) is 6.35. The van der Waals surface area contributed by atoms with Crippen LogP contribution in [0.5, 0.6) is 0 Å². The summed E-state index contributed by atoms with van der Waals surface area (Å²) in [4.78, 5) is 16.3. The van der Waals surface area contributed by atoms with Crippen molar-refractivity contribution in [3.05, 3.63) is 0 Å². The number of rotatable bonds is 4. The lowest BCUT2D eigenvalue weighted by atomic mass is 10.2. The van der Waals surface area contributed by atoms with Crippen LogP contribution in [0.25, 0.3) is 0 Å². The first-order chi connectivity index (χ1) is 7.66. The van der Waals surface area contributed by atoms with Gasteiger partial charge in [0, 0.05) is 25.7 Å². The molecule has 18 heavy (non-hydrogen) atoms. The third-order valence-corrected chi connectivity index (χ3v) is 3.56. The second kappa shape index (κ2) is 8.20. The van der Waals surface area contributed by atoms with Crippen LogP contribution in [0.2, 0.25) is 0 Å². The van der Waals surface area contributed by atoms with E-state index < -0.39 is 0 Å². The van der Waals surface area contributed by atoms with E-state index in [-0.39, 0.29) is 30.7 Å². The SMILES string of the molecule is CC1CN(C)CCN1C(=O)CNCC1CC1.Cl.Cl. The van der Waals surface area contributed by atoms with Gasteiger partial charge >= 0.3 is 0 Å². The van der Waals surface area contributed by atoms with Gasteiger partial charge in [0.05, 0.1) is 6.54 Å². The van der Waals surface area contributed by atoms with Crippen molar-refractivity contribution in [2.75, 3.05) is 39.8 Å². The predicted molar refractivity (Wildman–Crippen MR) is 78.8 cm³/mol. The summed E-state index contributed by atoms with van der Waals surface area (Å²) in [6.07, 6.45) is 2.68. The second-order valence-corrected chi connectivity index (χ2v) is 5.27. The quantitative estimate of drug-likeness (QED) is 0.841. The average molecular weight is 298 g/mol. The number of amides is 1. The Kier molecular flexibility index (Phi) is 8.19. The minimum Gasteiger partial charge on any atom is -0.336 e. The summed E-state index contributed by atoms with van der Waals surface area (Å²) in [5.41, 5.74) is 0. The number of carbonyl (C=O) groups is 1. The van der Waals surface area contributed by atoms with Crippen molar-refractivity contribution in [2.45, 2.75) is 25.8 Å². The first kappa shape index (κ1) is 18.0. The van der Waals surface area contributed by atoms with E-state index in [1.807, 2.05) is 4.90 Å². The summed E-state index contributed by atoms with van der Waals surface area (Å²) in [5.74, 6) is 1.11. The molecule has 1 heterocycles. The summed E-state index contributed by atoms with van der Waals surface area (Å²) < 4.78 is 0. The van der Waals surface area contributed by atoms with Crippen molar-refractivity contribution in [1.82, 2.24) is 15.1 Å². The number of hydrogen-bond donors (Lipinski definition) is 1. The molecule has 1 amide bonds. The largest absolute Gasteiger partial charge is 0.336 e. The fraction of sp³-hybridized carbons (Fsp3) is 0.917. The Morgan fingerprint density at radius 2 is 1.94 bits per heavy atom. The standard InChI is InChI=1S/C12H23N3O.2ClH/c1-10-9-14(2)5-6-15(10)12(16)8-13-7-11-3-4-11;;/h10-11,13H,3-9H2,1-2H3;2*1H. The van der Waals surface area contributed by atoms with Gasteiger partial charge in [0.1, 0.15) is 0 Å². The molecule has 2 aliphatic rings. The number of likely N-dealkylation sites (N-methyl/N-ethyl adjacent to an activating group) is 1. The molecule has 0 aromatic heterocycles. The Labute approximate surface area is 122 Å². The highest BCUT2D eigenvalue weighted by Crippen LogP contribution is 2.27. The van der Waals surface area contributed by atoms with Crippen molar-refractivity contribution < 1.29 is 4.79 Å². The zero-order chi connectivity index (χ0) is 11.5. The topological polar surface area (TPSA) is 35.6 Å². The number of carbonyl (C=O) groups excluding carboxylic acids is 1. The molecule has 1 aliphatic heterocycles. The van der Waals surface area contributed by atoms with Gasteiger partial charge in [0.2, 0.25) is 5.91 Å². The van der Waals surface area contributed by atoms with E-state index in [1.54, 1.807) is 0 Å². The molecule has 1 unspecified atom stereocenters. The molecule has 6 heteroatoms. The molecule has 1 N–H and O–H groups in total. The van der Waals surface area contributed by atoms with Crippen molar-refractivity contribution in [3.8, 4) is 0 Å². The number of piperazine rings is 1. The maximum Gasteiger partial charge on any atom is 0.236 e. The minimum absolute atomic E-state index is 0. The van der Waals surface area contributed by atoms with Crippen molar-refractivity contribution in [1.29, 1.82) is 0 Å². The highest BCUT2D eigenvalue weighted by molar-refractivity contribution is 5.85. The van der Waals surface area contributed by atoms with Gasteiger partial charge in [0.15, 0.2) is 0 Å². The monoisotopic (exact) mass is 297 g/mol. The molecule has 0 radical (unpaired) electrons. The summed E-state index contributed by atoms with van der Waals surface area (Å²) in [5, 5.41) is 3.27. The van der Waals surface area contributed by atoms with Crippen LogP contribution in [0.3, 0.4) is 0 Å². The van der Waals surface area contributed by atoms with Crippen LogP contribution >= 0.6 is 24.8 Å². The van der Waals surface area contributed by atoms with Crippen molar-refractivity contribution in [3.63, 3.8) is 0 Å². The molecule has 1 aliphatic carbocycles. The Bertz CT molecular complexity index is 262. The first-order valence-corrected chi connectivity index (χ1v) is 6.35. The molecule has 0 aromatic carbocycles. The van der Waals surface area contributed by atoms with E-state index in [2.05, 4.69) is 24.2 Å². The van der Waals surface area contributed by atoms with Gasteiger partial charge < -0.3 is 15.1 Å². The molecule has 1 saturated carbocycles.